The number of aliphatic hydroxyl groups excluding tert-OH is 1. The molecule has 0 aliphatic carbocycles. The van der Waals surface area contributed by atoms with E-state index in [4.69, 9.17) is 9.05 Å². The van der Waals surface area contributed by atoms with Gasteiger partial charge in [0, 0.05) is 6.42 Å². The number of amides is 1. The lowest BCUT2D eigenvalue weighted by Gasteiger charge is -2.30. The van der Waals surface area contributed by atoms with Crippen LogP contribution < -0.4 is 10.2 Å². The van der Waals surface area contributed by atoms with E-state index < -0.39 is 20.0 Å². The van der Waals surface area contributed by atoms with E-state index in [0.29, 0.717) is 23.9 Å². The highest BCUT2D eigenvalue weighted by Gasteiger charge is 2.24. The summed E-state index contributed by atoms with van der Waals surface area (Å²) in [7, 11) is 1.34. The minimum absolute atomic E-state index is 0.0172. The highest BCUT2D eigenvalue weighted by Crippen LogP contribution is 2.38. The van der Waals surface area contributed by atoms with Gasteiger partial charge in [-0.1, -0.05) is 457 Å². The SMILES string of the molecule is CCCCCCCCCCCCCCCCCCCCCCCCCCCCCCCCCCCCCCCCCC(=O)NC(COP(=O)([O-])OCC[N+](C)(C)C)C(O)CCCCCCCCCCCCCCCCCCCCCCCCCCCCCCCCC. The highest BCUT2D eigenvalue weighted by atomic mass is 31.2. The molecule has 0 aliphatic heterocycles. The quantitative estimate of drug-likeness (QED) is 0.0357. The number of nitrogens with one attached hydrogen (secondary N) is 1. The van der Waals surface area contributed by atoms with Gasteiger partial charge in [0.25, 0.3) is 7.82 Å². The molecule has 0 heterocycles. The van der Waals surface area contributed by atoms with Crippen molar-refractivity contribution in [2.24, 2.45) is 0 Å². The topological polar surface area (TPSA) is 108 Å². The number of carbonyl (C=O) groups is 1. The molecule has 0 bridgehead atoms. The van der Waals surface area contributed by atoms with Crippen molar-refractivity contribution >= 4 is 13.7 Å². The van der Waals surface area contributed by atoms with Gasteiger partial charge in [-0.05, 0) is 12.8 Å². The first-order valence-corrected chi connectivity index (χ1v) is 43.8. The van der Waals surface area contributed by atoms with Crippen LogP contribution in [0.25, 0.3) is 0 Å². The third kappa shape index (κ3) is 76.9. The molecule has 0 aromatic carbocycles. The minimum Gasteiger partial charge on any atom is -0.756 e. The van der Waals surface area contributed by atoms with Crippen molar-refractivity contribution in [3.8, 4) is 0 Å². The van der Waals surface area contributed by atoms with Crippen LogP contribution in [0.15, 0.2) is 0 Å². The van der Waals surface area contributed by atoms with Crippen molar-refractivity contribution in [3.05, 3.63) is 0 Å². The average molecular weight is 1320 g/mol. The Balaban J connectivity index is 3.85. The fourth-order valence-corrected chi connectivity index (χ4v) is 14.5. The molecule has 92 heavy (non-hydrogen) atoms. The van der Waals surface area contributed by atoms with Crippen LogP contribution in [0.3, 0.4) is 0 Å². The highest BCUT2D eigenvalue weighted by molar-refractivity contribution is 7.45. The van der Waals surface area contributed by atoms with Crippen LogP contribution >= 0.6 is 7.82 Å². The smallest absolute Gasteiger partial charge is 0.268 e. The third-order valence-corrected chi connectivity index (χ3v) is 21.3. The second-order valence-corrected chi connectivity index (χ2v) is 32.3. The Morgan fingerprint density at radius 3 is 0.739 bits per heavy atom. The van der Waals surface area contributed by atoms with Gasteiger partial charge >= 0.3 is 0 Å². The Morgan fingerprint density at radius 2 is 0.533 bits per heavy atom. The van der Waals surface area contributed by atoms with Crippen LogP contribution in [0, 0.1) is 0 Å². The molecule has 0 rings (SSSR count). The minimum atomic E-state index is -4.58. The van der Waals surface area contributed by atoms with E-state index in [9.17, 15) is 19.4 Å². The zero-order valence-electron chi connectivity index (χ0n) is 63.6. The summed E-state index contributed by atoms with van der Waals surface area (Å²) in [5.41, 5.74) is 0. The maximum Gasteiger partial charge on any atom is 0.268 e. The summed E-state index contributed by atoms with van der Waals surface area (Å²) in [5.74, 6) is -0.151. The van der Waals surface area contributed by atoms with E-state index in [0.717, 1.165) is 38.5 Å². The van der Waals surface area contributed by atoms with Gasteiger partial charge in [-0.25, -0.2) is 0 Å². The van der Waals surface area contributed by atoms with Crippen LogP contribution in [-0.2, 0) is 18.4 Å². The molecule has 0 aliphatic rings. The lowest BCUT2D eigenvalue weighted by molar-refractivity contribution is -0.870. The molecule has 9 heteroatoms. The molecule has 0 saturated heterocycles. The Hall–Kier alpha value is -0.500. The molecule has 3 unspecified atom stereocenters. The molecule has 8 nitrogen and oxygen atoms in total. The summed E-state index contributed by atoms with van der Waals surface area (Å²) >= 11 is 0. The van der Waals surface area contributed by atoms with Gasteiger partial charge in [-0.2, -0.15) is 0 Å². The Kier molecular flexibility index (Phi) is 74.3. The molecule has 0 spiro atoms. The van der Waals surface area contributed by atoms with Gasteiger partial charge in [0.05, 0.1) is 39.9 Å². The van der Waals surface area contributed by atoms with Crippen LogP contribution in [-0.4, -0.2) is 68.5 Å². The van der Waals surface area contributed by atoms with Gasteiger partial charge in [-0.15, -0.1) is 0 Å². The Bertz CT molecular complexity index is 1460. The van der Waals surface area contributed by atoms with Crippen molar-refractivity contribution in [2.75, 3.05) is 40.9 Å². The number of hydrogen-bond acceptors (Lipinski definition) is 6. The van der Waals surface area contributed by atoms with Gasteiger partial charge in [0.15, 0.2) is 0 Å². The lowest BCUT2D eigenvalue weighted by Crippen LogP contribution is -2.46. The fraction of sp³-hybridized carbons (Fsp3) is 0.988. The van der Waals surface area contributed by atoms with E-state index in [1.54, 1.807) is 0 Å². The average Bonchev–Trinajstić information content (AvgIpc) is 2.63. The maximum atomic E-state index is 13.1. The summed E-state index contributed by atoms with van der Waals surface area (Å²) in [6, 6.07) is -0.798. The van der Waals surface area contributed by atoms with Crippen LogP contribution in [0.5, 0.6) is 0 Å². The second-order valence-electron chi connectivity index (χ2n) is 30.9. The lowest BCUT2D eigenvalue weighted by atomic mass is 10.0. The number of hydrogen-bond donors (Lipinski definition) is 2. The molecule has 1 amide bonds. The number of aliphatic hydroxyl groups is 1. The molecule has 2 N–H and O–H groups in total. The van der Waals surface area contributed by atoms with Crippen molar-refractivity contribution < 1.29 is 32.9 Å². The molecular weight excluding hydrogens is 1150 g/mol. The number of likely N-dealkylation sites (N-methyl/N-ethyl adjacent to an activating group) is 1. The molecule has 0 aromatic heterocycles. The van der Waals surface area contributed by atoms with E-state index in [1.165, 1.54) is 411 Å². The van der Waals surface area contributed by atoms with E-state index in [-0.39, 0.29) is 19.1 Å². The molecule has 0 fully saturated rings. The molecule has 0 aromatic rings. The van der Waals surface area contributed by atoms with E-state index in [2.05, 4.69) is 19.2 Å². The third-order valence-electron chi connectivity index (χ3n) is 20.3. The summed E-state index contributed by atoms with van der Waals surface area (Å²) in [5, 5.41) is 14.2. The summed E-state index contributed by atoms with van der Waals surface area (Å²) in [4.78, 5) is 25.8. The van der Waals surface area contributed by atoms with E-state index >= 15 is 0 Å². The van der Waals surface area contributed by atoms with Crippen molar-refractivity contribution in [2.45, 2.75) is 488 Å². The van der Waals surface area contributed by atoms with Crippen molar-refractivity contribution in [3.63, 3.8) is 0 Å². The molecule has 0 saturated carbocycles. The standard InChI is InChI=1S/C83H169N2O6P/c1-6-8-10-12-14-16-18-20-22-24-26-28-30-32-34-36-38-39-40-41-42-43-44-45-47-49-51-53-55-57-59-61-63-65-67-69-71-73-75-77-83(87)84-81(80-91-92(88,89)90-79-78-85(3,4)5)82(86)76-74-72-70-68-66-64-62-60-58-56-54-52-50-48-46-37-35-33-31-29-27-25-23-21-19-17-15-13-11-9-7-2/h81-82,86H,6-80H2,1-5H3,(H-,84,87,88,89). The number of rotatable bonds is 81. The zero-order chi connectivity index (χ0) is 66.9. The van der Waals surface area contributed by atoms with Gasteiger partial charge in [-0.3, -0.25) is 9.36 Å². The number of unbranched alkanes of at least 4 members (excludes halogenated alkanes) is 68. The first-order chi connectivity index (χ1) is 45.0. The normalized spacial score (nSPS) is 13.3. The maximum absolute atomic E-state index is 13.1. The van der Waals surface area contributed by atoms with Gasteiger partial charge in [0.1, 0.15) is 13.2 Å². The number of phosphoric ester groups is 1. The number of nitrogens with zero attached hydrogens (tertiary/aromatic N) is 1. The largest absolute Gasteiger partial charge is 0.756 e. The monoisotopic (exact) mass is 1320 g/mol. The molecule has 0 radical (unpaired) electrons. The fourth-order valence-electron chi connectivity index (χ4n) is 13.8. The van der Waals surface area contributed by atoms with Crippen LogP contribution in [0.2, 0.25) is 0 Å². The molecular formula is C83H169N2O6P. The second kappa shape index (κ2) is 74.7. The first kappa shape index (κ1) is 91.5. The van der Waals surface area contributed by atoms with Crippen LogP contribution in [0.4, 0.5) is 0 Å². The summed E-state index contributed by atoms with van der Waals surface area (Å²) in [6.45, 7) is 4.82. The summed E-state index contributed by atoms with van der Waals surface area (Å²) < 4.78 is 23.6. The number of quaternary nitrogens is 1. The first-order valence-electron chi connectivity index (χ1n) is 42.4. The van der Waals surface area contributed by atoms with Gasteiger partial charge in [0.2, 0.25) is 5.91 Å². The van der Waals surface area contributed by atoms with Crippen LogP contribution in [0.1, 0.15) is 476 Å². The molecule has 3 atom stereocenters. The Labute approximate surface area is 578 Å². The number of carbonyl (C=O) groups excluding carboxylic acids is 1. The zero-order valence-corrected chi connectivity index (χ0v) is 64.5. The summed E-state index contributed by atoms with van der Waals surface area (Å²) in [6.07, 6.45) is 96.9. The Morgan fingerprint density at radius 1 is 0.337 bits per heavy atom. The predicted molar refractivity (Wildman–Crippen MR) is 404 cm³/mol. The predicted octanol–water partition coefficient (Wildman–Crippen LogP) is 27.2. The number of phosphoric acid groups is 1. The molecule has 552 valence electrons. The van der Waals surface area contributed by atoms with E-state index in [1.807, 2.05) is 21.1 Å². The van der Waals surface area contributed by atoms with Gasteiger partial charge < -0.3 is 28.8 Å². The van der Waals surface area contributed by atoms with Crippen molar-refractivity contribution in [1.82, 2.24) is 5.32 Å². The van der Waals surface area contributed by atoms with Crippen molar-refractivity contribution in [1.29, 1.82) is 0 Å².